The fourth-order valence-corrected chi connectivity index (χ4v) is 3.72. The van der Waals surface area contributed by atoms with E-state index in [1.807, 2.05) is 6.07 Å². The van der Waals surface area contributed by atoms with Crippen molar-refractivity contribution in [3.63, 3.8) is 0 Å². The Morgan fingerprint density at radius 3 is 2.59 bits per heavy atom. The highest BCUT2D eigenvalue weighted by Crippen LogP contribution is 2.35. The van der Waals surface area contributed by atoms with Gasteiger partial charge in [-0.1, -0.05) is 19.9 Å². The van der Waals surface area contributed by atoms with E-state index in [1.165, 1.54) is 5.56 Å². The molecule has 182 valence electrons. The predicted octanol–water partition coefficient (Wildman–Crippen LogP) is 3.74. The molecule has 0 aromatic heterocycles. The van der Waals surface area contributed by atoms with Crippen LogP contribution in [0.25, 0.3) is 0 Å². The van der Waals surface area contributed by atoms with E-state index in [4.69, 9.17) is 23.9 Å². The van der Waals surface area contributed by atoms with Crippen molar-refractivity contribution in [3.05, 3.63) is 23.8 Å². The maximum absolute atomic E-state index is 5.85. The van der Waals surface area contributed by atoms with Gasteiger partial charge in [-0.05, 0) is 49.8 Å². The summed E-state index contributed by atoms with van der Waals surface area (Å²) < 4.78 is 22.6. The van der Waals surface area contributed by atoms with Gasteiger partial charge in [0.2, 0.25) is 0 Å². The van der Waals surface area contributed by atoms with E-state index in [-0.39, 0.29) is 29.4 Å². The minimum atomic E-state index is -0.120. The third-order valence-electron chi connectivity index (χ3n) is 5.75. The minimum Gasteiger partial charge on any atom is -0.486 e. The van der Waals surface area contributed by atoms with Gasteiger partial charge < -0.3 is 29.6 Å². The highest BCUT2D eigenvalue weighted by molar-refractivity contribution is 14.0. The second-order valence-corrected chi connectivity index (χ2v) is 8.85. The topological polar surface area (TPSA) is 73.3 Å². The molecule has 0 bridgehead atoms. The lowest BCUT2D eigenvalue weighted by atomic mass is 9.84. The normalized spacial score (nSPS) is 16.9. The van der Waals surface area contributed by atoms with Crippen LogP contribution >= 0.6 is 24.0 Å². The van der Waals surface area contributed by atoms with E-state index in [1.54, 1.807) is 0 Å². The number of guanidine groups is 1. The maximum Gasteiger partial charge on any atom is 0.191 e. The zero-order valence-electron chi connectivity index (χ0n) is 19.8. The molecule has 0 saturated carbocycles. The van der Waals surface area contributed by atoms with E-state index in [9.17, 15) is 0 Å². The van der Waals surface area contributed by atoms with Crippen LogP contribution in [0, 0.1) is 5.92 Å². The summed E-state index contributed by atoms with van der Waals surface area (Å²) in [7, 11) is 0. The van der Waals surface area contributed by atoms with Crippen LogP contribution in [0.5, 0.6) is 11.5 Å². The first-order chi connectivity index (χ1) is 15.1. The quantitative estimate of drug-likeness (QED) is 0.196. The molecule has 1 aromatic rings. The first-order valence-corrected chi connectivity index (χ1v) is 11.7. The number of fused-ring (bicyclic) bond motifs is 1. The van der Waals surface area contributed by atoms with E-state index in [2.05, 4.69) is 43.5 Å². The Labute approximate surface area is 210 Å². The van der Waals surface area contributed by atoms with E-state index in [0.29, 0.717) is 25.7 Å². The van der Waals surface area contributed by atoms with Crippen LogP contribution in [0.4, 0.5) is 0 Å². The van der Waals surface area contributed by atoms with Crippen molar-refractivity contribution in [1.82, 2.24) is 10.6 Å². The molecule has 1 aromatic carbocycles. The molecule has 1 fully saturated rings. The summed E-state index contributed by atoms with van der Waals surface area (Å²) in [6.07, 6.45) is 3.20. The molecule has 8 heteroatoms. The number of benzene rings is 1. The molecule has 2 N–H and O–H groups in total. The lowest BCUT2D eigenvalue weighted by Gasteiger charge is -2.26. The second-order valence-electron chi connectivity index (χ2n) is 8.85. The van der Waals surface area contributed by atoms with Crippen molar-refractivity contribution in [2.24, 2.45) is 10.9 Å². The number of aliphatic imine (C=N–C) groups is 1. The average molecular weight is 562 g/mol. The molecule has 2 aliphatic heterocycles. The smallest absolute Gasteiger partial charge is 0.191 e. The number of rotatable bonds is 10. The number of halogens is 1. The Kier molecular flexibility index (Phi) is 11.9. The molecule has 2 aliphatic rings. The third kappa shape index (κ3) is 8.59. The van der Waals surface area contributed by atoms with Crippen LogP contribution in [0.1, 0.15) is 45.6 Å². The van der Waals surface area contributed by atoms with E-state index < -0.39 is 0 Å². The van der Waals surface area contributed by atoms with Crippen LogP contribution in [-0.2, 0) is 14.9 Å². The SMILES string of the molecule is CCNC(=NCC(C)(C)c1ccc2c(c1)OCCO2)NCCCOCC1CCOCC1.I. The zero-order chi connectivity index (χ0) is 21.9. The molecule has 0 aliphatic carbocycles. The van der Waals surface area contributed by atoms with E-state index in [0.717, 1.165) is 76.2 Å². The first kappa shape index (κ1) is 27.0. The molecule has 0 atom stereocenters. The number of nitrogens with zero attached hydrogens (tertiary/aromatic N) is 1. The monoisotopic (exact) mass is 561 g/mol. The summed E-state index contributed by atoms with van der Waals surface area (Å²) in [5.41, 5.74) is 1.07. The van der Waals surface area contributed by atoms with Crippen molar-refractivity contribution in [3.8, 4) is 11.5 Å². The Morgan fingerprint density at radius 2 is 1.84 bits per heavy atom. The molecule has 2 heterocycles. The third-order valence-corrected chi connectivity index (χ3v) is 5.75. The van der Waals surface area contributed by atoms with Crippen molar-refractivity contribution in [1.29, 1.82) is 0 Å². The average Bonchev–Trinajstić information content (AvgIpc) is 2.80. The van der Waals surface area contributed by atoms with Crippen LogP contribution in [-0.4, -0.2) is 65.2 Å². The highest BCUT2D eigenvalue weighted by atomic mass is 127. The van der Waals surface area contributed by atoms with Gasteiger partial charge in [-0.2, -0.15) is 0 Å². The second kappa shape index (κ2) is 14.1. The zero-order valence-corrected chi connectivity index (χ0v) is 22.1. The van der Waals surface area contributed by atoms with Gasteiger partial charge in [-0.3, -0.25) is 4.99 Å². The molecule has 0 spiro atoms. The minimum absolute atomic E-state index is 0. The lowest BCUT2D eigenvalue weighted by Crippen LogP contribution is -2.39. The molecule has 0 unspecified atom stereocenters. The van der Waals surface area contributed by atoms with Crippen molar-refractivity contribution < 1.29 is 18.9 Å². The summed E-state index contributed by atoms with van der Waals surface area (Å²) in [6, 6.07) is 6.19. The summed E-state index contributed by atoms with van der Waals surface area (Å²) in [6.45, 7) is 13.4. The summed E-state index contributed by atoms with van der Waals surface area (Å²) in [5, 5.41) is 6.77. The van der Waals surface area contributed by atoms with Gasteiger partial charge >= 0.3 is 0 Å². The Bertz CT molecular complexity index is 708. The molecular weight excluding hydrogens is 521 g/mol. The summed E-state index contributed by atoms with van der Waals surface area (Å²) >= 11 is 0. The Morgan fingerprint density at radius 1 is 1.09 bits per heavy atom. The molecule has 0 radical (unpaired) electrons. The first-order valence-electron chi connectivity index (χ1n) is 11.7. The highest BCUT2D eigenvalue weighted by Gasteiger charge is 2.23. The van der Waals surface area contributed by atoms with Crippen LogP contribution < -0.4 is 20.1 Å². The fourth-order valence-electron chi connectivity index (χ4n) is 3.72. The van der Waals surface area contributed by atoms with Crippen molar-refractivity contribution in [2.45, 2.75) is 45.4 Å². The van der Waals surface area contributed by atoms with Gasteiger partial charge in [-0.25, -0.2) is 0 Å². The summed E-state index contributed by atoms with van der Waals surface area (Å²) in [5.74, 6) is 3.15. The number of ether oxygens (including phenoxy) is 4. The van der Waals surface area contributed by atoms with Gasteiger partial charge in [-0.15, -0.1) is 24.0 Å². The van der Waals surface area contributed by atoms with Gasteiger partial charge in [0.1, 0.15) is 13.2 Å². The van der Waals surface area contributed by atoms with Crippen LogP contribution in [0.15, 0.2) is 23.2 Å². The van der Waals surface area contributed by atoms with Crippen molar-refractivity contribution >= 4 is 29.9 Å². The lowest BCUT2D eigenvalue weighted by molar-refractivity contribution is 0.0203. The molecule has 7 nitrogen and oxygen atoms in total. The number of hydrogen-bond acceptors (Lipinski definition) is 5. The van der Waals surface area contributed by atoms with Gasteiger partial charge in [0.25, 0.3) is 0 Å². The fraction of sp³-hybridized carbons (Fsp3) is 0.708. The molecular formula is C24H40IN3O4. The van der Waals surface area contributed by atoms with Gasteiger partial charge in [0.05, 0.1) is 6.54 Å². The molecule has 1 saturated heterocycles. The Balaban J connectivity index is 0.00000363. The molecule has 0 amide bonds. The number of hydrogen-bond donors (Lipinski definition) is 2. The van der Waals surface area contributed by atoms with E-state index >= 15 is 0 Å². The van der Waals surface area contributed by atoms with Crippen molar-refractivity contribution in [2.75, 3.05) is 59.3 Å². The van der Waals surface area contributed by atoms with Gasteiger partial charge in [0.15, 0.2) is 17.5 Å². The maximum atomic E-state index is 5.85. The number of nitrogens with one attached hydrogen (secondary N) is 2. The van der Waals surface area contributed by atoms with Gasteiger partial charge in [0, 0.05) is 44.9 Å². The largest absolute Gasteiger partial charge is 0.486 e. The van der Waals surface area contributed by atoms with Crippen LogP contribution in [0.3, 0.4) is 0 Å². The Hall–Kier alpha value is -1.26. The predicted molar refractivity (Wildman–Crippen MR) is 139 cm³/mol. The van der Waals surface area contributed by atoms with Crippen LogP contribution in [0.2, 0.25) is 0 Å². The molecule has 32 heavy (non-hydrogen) atoms. The standard InChI is InChI=1S/C24H39N3O4.HI/c1-4-25-23(26-10-5-11-29-17-19-8-12-28-13-9-19)27-18-24(2,3)20-6-7-21-22(16-20)31-15-14-30-21;/h6-7,16,19H,4-5,8-15,17-18H2,1-3H3,(H2,25,26,27);1H. The summed E-state index contributed by atoms with van der Waals surface area (Å²) in [4.78, 5) is 4.83. The molecule has 3 rings (SSSR count).